The highest BCUT2D eigenvalue weighted by atomic mass is 79.9. The molecule has 0 radical (unpaired) electrons. The zero-order valence-corrected chi connectivity index (χ0v) is 9.52. The van der Waals surface area contributed by atoms with Crippen LogP contribution in [0.2, 0.25) is 0 Å². The van der Waals surface area contributed by atoms with E-state index in [1.165, 1.54) is 0 Å². The van der Waals surface area contributed by atoms with Gasteiger partial charge in [0.2, 0.25) is 5.43 Å². The minimum Gasteiger partial charge on any atom is -0.286 e. The van der Waals surface area contributed by atoms with Crippen LogP contribution in [0.3, 0.4) is 0 Å². The molecule has 0 saturated carbocycles. The van der Waals surface area contributed by atoms with Gasteiger partial charge < -0.3 is 0 Å². The number of rotatable bonds is 0. The lowest BCUT2D eigenvalue weighted by Gasteiger charge is -1.98. The van der Waals surface area contributed by atoms with Crippen LogP contribution in [0.5, 0.6) is 0 Å². The van der Waals surface area contributed by atoms with E-state index in [2.05, 4.69) is 42.1 Å². The molecule has 0 aliphatic heterocycles. The number of fused-ring (bicyclic) bond motifs is 1. The zero-order chi connectivity index (χ0) is 9.42. The third kappa shape index (κ3) is 1.42. The summed E-state index contributed by atoms with van der Waals surface area (Å²) < 4.78 is 1.14. The Balaban J connectivity index is 3.03. The lowest BCUT2D eigenvalue weighted by atomic mass is 10.2. The molecule has 0 aliphatic carbocycles. The van der Waals surface area contributed by atoms with Gasteiger partial charge in [-0.1, -0.05) is 6.07 Å². The fourth-order valence-corrected chi connectivity index (χ4v) is 1.85. The number of benzene rings is 1. The third-order valence-electron chi connectivity index (χ3n) is 1.71. The SMILES string of the molecule is O=c1c(Br)n[nH]c2c(Br)cccc12. The van der Waals surface area contributed by atoms with Crippen molar-refractivity contribution in [3.8, 4) is 0 Å². The number of nitrogens with zero attached hydrogens (tertiary/aromatic N) is 1. The lowest BCUT2D eigenvalue weighted by Crippen LogP contribution is -2.06. The number of hydrogen-bond donors (Lipinski definition) is 1. The maximum absolute atomic E-state index is 11.5. The zero-order valence-electron chi connectivity index (χ0n) is 6.34. The fourth-order valence-electron chi connectivity index (χ4n) is 1.09. The number of H-pyrrole nitrogens is 1. The van der Waals surface area contributed by atoms with Crippen LogP contribution in [0.1, 0.15) is 0 Å². The second kappa shape index (κ2) is 3.23. The maximum atomic E-state index is 11.5. The minimum absolute atomic E-state index is 0.102. The summed E-state index contributed by atoms with van der Waals surface area (Å²) in [5.74, 6) is 0. The van der Waals surface area contributed by atoms with Gasteiger partial charge in [-0.2, -0.15) is 5.10 Å². The summed E-state index contributed by atoms with van der Waals surface area (Å²) in [6.45, 7) is 0. The largest absolute Gasteiger partial charge is 0.286 e. The van der Waals surface area contributed by atoms with Gasteiger partial charge in [-0.15, -0.1) is 0 Å². The molecule has 66 valence electrons. The van der Waals surface area contributed by atoms with Crippen molar-refractivity contribution in [3.05, 3.63) is 37.5 Å². The molecular weight excluding hydrogens is 300 g/mol. The predicted molar refractivity (Wildman–Crippen MR) is 57.8 cm³/mol. The molecule has 13 heavy (non-hydrogen) atoms. The van der Waals surface area contributed by atoms with Crippen molar-refractivity contribution in [2.75, 3.05) is 0 Å². The molecule has 2 rings (SSSR count). The number of para-hydroxylation sites is 1. The summed E-state index contributed by atoms with van der Waals surface area (Å²) in [6, 6.07) is 5.42. The van der Waals surface area contributed by atoms with Gasteiger partial charge in [0.15, 0.2) is 4.60 Å². The van der Waals surface area contributed by atoms with Crippen LogP contribution in [0, 0.1) is 0 Å². The van der Waals surface area contributed by atoms with Crippen molar-refractivity contribution in [3.63, 3.8) is 0 Å². The summed E-state index contributed by atoms with van der Waals surface area (Å²) in [6.07, 6.45) is 0. The van der Waals surface area contributed by atoms with Crippen molar-refractivity contribution in [2.45, 2.75) is 0 Å². The molecular formula is C8H4Br2N2O. The van der Waals surface area contributed by atoms with E-state index in [1.807, 2.05) is 12.1 Å². The third-order valence-corrected chi connectivity index (χ3v) is 2.91. The Labute approximate surface area is 90.4 Å². The first-order valence-electron chi connectivity index (χ1n) is 3.52. The van der Waals surface area contributed by atoms with E-state index in [9.17, 15) is 4.79 Å². The summed E-state index contributed by atoms with van der Waals surface area (Å²) in [5.41, 5.74) is 0.616. The number of aromatic nitrogens is 2. The van der Waals surface area contributed by atoms with E-state index in [1.54, 1.807) is 6.07 Å². The van der Waals surface area contributed by atoms with Gasteiger partial charge in [0.1, 0.15) is 0 Å². The Morgan fingerprint density at radius 2 is 2.08 bits per heavy atom. The highest BCUT2D eigenvalue weighted by molar-refractivity contribution is 9.10. The van der Waals surface area contributed by atoms with Gasteiger partial charge in [-0.05, 0) is 44.0 Å². The van der Waals surface area contributed by atoms with Crippen LogP contribution in [0.25, 0.3) is 10.9 Å². The molecule has 5 heteroatoms. The number of halogens is 2. The van der Waals surface area contributed by atoms with E-state index in [-0.39, 0.29) is 5.43 Å². The Bertz CT molecular complexity index is 521. The van der Waals surface area contributed by atoms with Gasteiger partial charge in [-0.25, -0.2) is 0 Å². The average molecular weight is 304 g/mol. The molecule has 0 aliphatic rings. The van der Waals surface area contributed by atoms with Crippen molar-refractivity contribution in [1.29, 1.82) is 0 Å². The van der Waals surface area contributed by atoms with Gasteiger partial charge in [-0.3, -0.25) is 9.89 Å². The van der Waals surface area contributed by atoms with E-state index in [0.717, 1.165) is 9.99 Å². The first-order chi connectivity index (χ1) is 6.20. The van der Waals surface area contributed by atoms with E-state index < -0.39 is 0 Å². The summed E-state index contributed by atoms with van der Waals surface area (Å²) in [4.78, 5) is 11.5. The van der Waals surface area contributed by atoms with Crippen molar-refractivity contribution in [2.24, 2.45) is 0 Å². The predicted octanol–water partition coefficient (Wildman–Crippen LogP) is 2.45. The monoisotopic (exact) mass is 302 g/mol. The summed E-state index contributed by atoms with van der Waals surface area (Å²) in [5, 5.41) is 7.22. The van der Waals surface area contributed by atoms with Crippen LogP contribution >= 0.6 is 31.9 Å². The van der Waals surface area contributed by atoms with Crippen molar-refractivity contribution < 1.29 is 0 Å². The van der Waals surface area contributed by atoms with E-state index in [0.29, 0.717) is 9.99 Å². The van der Waals surface area contributed by atoms with Crippen LogP contribution in [0.4, 0.5) is 0 Å². The quantitative estimate of drug-likeness (QED) is 0.812. The van der Waals surface area contributed by atoms with Crippen LogP contribution in [-0.2, 0) is 0 Å². The first kappa shape index (κ1) is 8.90. The molecule has 0 atom stereocenters. The van der Waals surface area contributed by atoms with Crippen molar-refractivity contribution >= 4 is 42.8 Å². The maximum Gasteiger partial charge on any atom is 0.222 e. The highest BCUT2D eigenvalue weighted by Gasteiger charge is 2.05. The molecule has 1 heterocycles. The van der Waals surface area contributed by atoms with E-state index >= 15 is 0 Å². The Morgan fingerprint density at radius 3 is 2.85 bits per heavy atom. The van der Waals surface area contributed by atoms with Crippen LogP contribution in [0.15, 0.2) is 32.1 Å². The second-order valence-electron chi connectivity index (χ2n) is 2.51. The van der Waals surface area contributed by atoms with Crippen molar-refractivity contribution in [1.82, 2.24) is 10.2 Å². The van der Waals surface area contributed by atoms with Gasteiger partial charge in [0.25, 0.3) is 0 Å². The fraction of sp³-hybridized carbons (Fsp3) is 0. The molecule has 1 aromatic heterocycles. The average Bonchev–Trinajstić information content (AvgIpc) is 2.12. The molecule has 0 unspecified atom stereocenters. The molecule has 0 bridgehead atoms. The molecule has 1 aromatic carbocycles. The van der Waals surface area contributed by atoms with Crippen LogP contribution < -0.4 is 5.43 Å². The molecule has 0 spiro atoms. The number of aromatic amines is 1. The summed E-state index contributed by atoms with van der Waals surface area (Å²) >= 11 is 6.40. The van der Waals surface area contributed by atoms with Crippen LogP contribution in [-0.4, -0.2) is 10.2 Å². The molecule has 3 nitrogen and oxygen atoms in total. The van der Waals surface area contributed by atoms with Gasteiger partial charge >= 0.3 is 0 Å². The second-order valence-corrected chi connectivity index (χ2v) is 4.11. The highest BCUT2D eigenvalue weighted by Crippen LogP contribution is 2.19. The standard InChI is InChI=1S/C8H4Br2N2O/c9-5-3-1-2-4-6(5)11-12-8(10)7(4)13/h1-3H,(H,11,13). The molecule has 1 N–H and O–H groups in total. The first-order valence-corrected chi connectivity index (χ1v) is 5.11. The van der Waals surface area contributed by atoms with E-state index in [4.69, 9.17) is 0 Å². The Hall–Kier alpha value is -0.680. The minimum atomic E-state index is -0.102. The summed E-state index contributed by atoms with van der Waals surface area (Å²) in [7, 11) is 0. The molecule has 0 fully saturated rings. The lowest BCUT2D eigenvalue weighted by molar-refractivity contribution is 1.03. The van der Waals surface area contributed by atoms with Gasteiger partial charge in [0.05, 0.1) is 10.9 Å². The van der Waals surface area contributed by atoms with Gasteiger partial charge in [0, 0.05) is 4.47 Å². The Morgan fingerprint density at radius 1 is 1.31 bits per heavy atom. The molecule has 0 amide bonds. The smallest absolute Gasteiger partial charge is 0.222 e. The molecule has 0 saturated heterocycles. The normalized spacial score (nSPS) is 10.6. The number of nitrogens with one attached hydrogen (secondary N) is 1. The topological polar surface area (TPSA) is 45.8 Å². The Kier molecular flexibility index (Phi) is 2.21. The molecule has 2 aromatic rings. The number of hydrogen-bond acceptors (Lipinski definition) is 2.